The molecule has 0 aromatic carbocycles. The fourth-order valence-electron chi connectivity index (χ4n) is 1.02. The molecule has 0 radical (unpaired) electrons. The van der Waals surface area contributed by atoms with E-state index >= 15 is 0 Å². The maximum Gasteiger partial charge on any atom is 0.122 e. The van der Waals surface area contributed by atoms with Gasteiger partial charge in [0.25, 0.3) is 0 Å². The maximum absolute atomic E-state index is 5.70. The van der Waals surface area contributed by atoms with Crippen LogP contribution in [0.1, 0.15) is 43.6 Å². The number of aromatic nitrogens is 1. The van der Waals surface area contributed by atoms with Gasteiger partial charge >= 0.3 is 0 Å². The standard InChI is InChI=1S/C9H16N2OS/c1-4-12-7(3)9-11-8(5-13-9)6(2)10/h5-7H,4,10H2,1-3H3. The van der Waals surface area contributed by atoms with Crippen LogP contribution < -0.4 is 5.73 Å². The van der Waals surface area contributed by atoms with E-state index in [0.29, 0.717) is 6.61 Å². The van der Waals surface area contributed by atoms with Crippen LogP contribution in [0.4, 0.5) is 0 Å². The van der Waals surface area contributed by atoms with Crippen LogP contribution in [-0.4, -0.2) is 11.6 Å². The van der Waals surface area contributed by atoms with Crippen molar-refractivity contribution in [2.75, 3.05) is 6.61 Å². The number of thiazole rings is 1. The molecule has 0 saturated carbocycles. The SMILES string of the molecule is CCOC(C)c1nc(C(C)N)cs1. The van der Waals surface area contributed by atoms with Gasteiger partial charge in [-0.25, -0.2) is 4.98 Å². The summed E-state index contributed by atoms with van der Waals surface area (Å²) in [6, 6.07) is 0.0128. The van der Waals surface area contributed by atoms with Gasteiger partial charge in [-0.1, -0.05) is 0 Å². The second-order valence-electron chi connectivity index (χ2n) is 3.00. The quantitative estimate of drug-likeness (QED) is 0.811. The third kappa shape index (κ3) is 2.76. The lowest BCUT2D eigenvalue weighted by Crippen LogP contribution is -2.06. The third-order valence-corrected chi connectivity index (χ3v) is 2.79. The largest absolute Gasteiger partial charge is 0.372 e. The first-order valence-corrected chi connectivity index (χ1v) is 5.35. The summed E-state index contributed by atoms with van der Waals surface area (Å²) < 4.78 is 5.43. The highest BCUT2D eigenvalue weighted by molar-refractivity contribution is 7.09. The van der Waals surface area contributed by atoms with Crippen molar-refractivity contribution in [3.8, 4) is 0 Å². The average molecular weight is 200 g/mol. The molecule has 0 aliphatic rings. The Morgan fingerprint density at radius 1 is 1.62 bits per heavy atom. The van der Waals surface area contributed by atoms with Gasteiger partial charge in [0.05, 0.1) is 5.69 Å². The minimum Gasteiger partial charge on any atom is -0.372 e. The molecule has 2 N–H and O–H groups in total. The summed E-state index contributed by atoms with van der Waals surface area (Å²) >= 11 is 1.61. The van der Waals surface area contributed by atoms with E-state index in [-0.39, 0.29) is 12.1 Å². The summed E-state index contributed by atoms with van der Waals surface area (Å²) in [6.07, 6.45) is 0.0856. The lowest BCUT2D eigenvalue weighted by molar-refractivity contribution is 0.0761. The zero-order chi connectivity index (χ0) is 9.84. The smallest absolute Gasteiger partial charge is 0.122 e. The number of nitrogens with zero attached hydrogens (tertiary/aromatic N) is 1. The highest BCUT2D eigenvalue weighted by Crippen LogP contribution is 2.22. The van der Waals surface area contributed by atoms with Crippen molar-refractivity contribution in [3.05, 3.63) is 16.1 Å². The van der Waals surface area contributed by atoms with Crippen molar-refractivity contribution in [1.29, 1.82) is 0 Å². The van der Waals surface area contributed by atoms with E-state index in [1.54, 1.807) is 11.3 Å². The Hall–Kier alpha value is -0.450. The van der Waals surface area contributed by atoms with Gasteiger partial charge in [0.2, 0.25) is 0 Å². The van der Waals surface area contributed by atoms with Crippen molar-refractivity contribution >= 4 is 11.3 Å². The van der Waals surface area contributed by atoms with E-state index < -0.39 is 0 Å². The number of hydrogen-bond acceptors (Lipinski definition) is 4. The van der Waals surface area contributed by atoms with Crippen molar-refractivity contribution in [2.45, 2.75) is 32.9 Å². The van der Waals surface area contributed by atoms with Crippen LogP contribution in [-0.2, 0) is 4.74 Å². The molecule has 4 heteroatoms. The molecule has 0 aliphatic heterocycles. The first-order valence-electron chi connectivity index (χ1n) is 4.47. The van der Waals surface area contributed by atoms with Gasteiger partial charge in [-0.2, -0.15) is 0 Å². The fraction of sp³-hybridized carbons (Fsp3) is 0.667. The Kier molecular flexibility index (Phi) is 3.84. The first-order chi connectivity index (χ1) is 6.15. The summed E-state index contributed by atoms with van der Waals surface area (Å²) in [5.74, 6) is 0. The minimum atomic E-state index is 0.0128. The van der Waals surface area contributed by atoms with Gasteiger partial charge in [0.15, 0.2) is 0 Å². The number of nitrogens with two attached hydrogens (primary N) is 1. The second kappa shape index (κ2) is 4.69. The lowest BCUT2D eigenvalue weighted by Gasteiger charge is -2.07. The van der Waals surface area contributed by atoms with Gasteiger partial charge in [0.1, 0.15) is 11.1 Å². The number of ether oxygens (including phenoxy) is 1. The Morgan fingerprint density at radius 2 is 2.31 bits per heavy atom. The van der Waals surface area contributed by atoms with Crippen LogP contribution in [0, 0.1) is 0 Å². The Morgan fingerprint density at radius 3 is 2.77 bits per heavy atom. The summed E-state index contributed by atoms with van der Waals surface area (Å²) in [4.78, 5) is 4.40. The zero-order valence-electron chi connectivity index (χ0n) is 8.28. The molecule has 0 amide bonds. The van der Waals surface area contributed by atoms with Crippen LogP contribution in [0.15, 0.2) is 5.38 Å². The first kappa shape index (κ1) is 10.6. The van der Waals surface area contributed by atoms with Crippen LogP contribution >= 0.6 is 11.3 Å². The van der Waals surface area contributed by atoms with E-state index in [1.807, 2.05) is 26.2 Å². The van der Waals surface area contributed by atoms with Crippen LogP contribution in [0.5, 0.6) is 0 Å². The predicted octanol–water partition coefficient (Wildman–Crippen LogP) is 2.26. The molecule has 1 aromatic heterocycles. The van der Waals surface area contributed by atoms with E-state index in [9.17, 15) is 0 Å². The van der Waals surface area contributed by atoms with Crippen LogP contribution in [0.2, 0.25) is 0 Å². The molecule has 3 nitrogen and oxygen atoms in total. The van der Waals surface area contributed by atoms with Crippen molar-refractivity contribution in [3.63, 3.8) is 0 Å². The summed E-state index contributed by atoms with van der Waals surface area (Å²) in [7, 11) is 0. The van der Waals surface area contributed by atoms with E-state index in [4.69, 9.17) is 10.5 Å². The zero-order valence-corrected chi connectivity index (χ0v) is 9.10. The summed E-state index contributed by atoms with van der Waals surface area (Å²) in [5.41, 5.74) is 6.66. The van der Waals surface area contributed by atoms with Gasteiger partial charge < -0.3 is 10.5 Å². The van der Waals surface area contributed by atoms with Crippen molar-refractivity contribution < 1.29 is 4.74 Å². The Balaban J connectivity index is 2.67. The van der Waals surface area contributed by atoms with Gasteiger partial charge in [0, 0.05) is 18.0 Å². The molecule has 0 fully saturated rings. The summed E-state index contributed by atoms with van der Waals surface area (Å²) in [6.45, 7) is 6.64. The van der Waals surface area contributed by atoms with E-state index in [0.717, 1.165) is 10.7 Å². The molecule has 74 valence electrons. The van der Waals surface area contributed by atoms with Gasteiger partial charge in [-0.05, 0) is 20.8 Å². The minimum absolute atomic E-state index is 0.0128. The van der Waals surface area contributed by atoms with Crippen molar-refractivity contribution in [1.82, 2.24) is 4.98 Å². The molecule has 0 saturated heterocycles. The highest BCUT2D eigenvalue weighted by atomic mass is 32.1. The maximum atomic E-state index is 5.70. The molecular weight excluding hydrogens is 184 g/mol. The number of hydrogen-bond donors (Lipinski definition) is 1. The topological polar surface area (TPSA) is 48.1 Å². The normalized spacial score (nSPS) is 15.7. The molecule has 0 aliphatic carbocycles. The third-order valence-electron chi connectivity index (χ3n) is 1.77. The molecule has 1 heterocycles. The monoisotopic (exact) mass is 200 g/mol. The van der Waals surface area contributed by atoms with E-state index in [2.05, 4.69) is 4.98 Å². The molecule has 13 heavy (non-hydrogen) atoms. The van der Waals surface area contributed by atoms with Gasteiger partial charge in [-0.3, -0.25) is 0 Å². The summed E-state index contributed by atoms with van der Waals surface area (Å²) in [5, 5.41) is 3.00. The highest BCUT2D eigenvalue weighted by Gasteiger charge is 2.11. The predicted molar refractivity (Wildman–Crippen MR) is 54.8 cm³/mol. The van der Waals surface area contributed by atoms with Crippen LogP contribution in [0.25, 0.3) is 0 Å². The molecule has 2 atom stereocenters. The molecule has 1 aromatic rings. The molecule has 1 rings (SSSR count). The molecular formula is C9H16N2OS. The van der Waals surface area contributed by atoms with E-state index in [1.165, 1.54) is 0 Å². The van der Waals surface area contributed by atoms with Gasteiger partial charge in [-0.15, -0.1) is 11.3 Å². The van der Waals surface area contributed by atoms with Crippen molar-refractivity contribution in [2.24, 2.45) is 5.73 Å². The molecule has 2 unspecified atom stereocenters. The Bertz CT molecular complexity index is 260. The molecule has 0 spiro atoms. The second-order valence-corrected chi connectivity index (χ2v) is 3.89. The number of rotatable bonds is 4. The lowest BCUT2D eigenvalue weighted by atomic mass is 10.3. The average Bonchev–Trinajstić information content (AvgIpc) is 2.52. The van der Waals surface area contributed by atoms with Crippen LogP contribution in [0.3, 0.4) is 0 Å². The molecule has 0 bridgehead atoms. The Labute approximate surface area is 82.9 Å². The fourth-order valence-corrected chi connectivity index (χ4v) is 1.94.